The summed E-state index contributed by atoms with van der Waals surface area (Å²) >= 11 is 0. The van der Waals surface area contributed by atoms with E-state index < -0.39 is 5.82 Å². The minimum absolute atomic E-state index is 0.0938. The number of rotatable bonds is 5. The lowest BCUT2D eigenvalue weighted by Gasteiger charge is -2.19. The third-order valence-electron chi connectivity index (χ3n) is 3.85. The number of halogens is 2. The second kappa shape index (κ2) is 6.39. The molecule has 1 heterocycles. The van der Waals surface area contributed by atoms with E-state index in [4.69, 9.17) is 4.42 Å². The van der Waals surface area contributed by atoms with Gasteiger partial charge in [0.2, 0.25) is 0 Å². The van der Waals surface area contributed by atoms with Gasteiger partial charge in [0, 0.05) is 11.6 Å². The summed E-state index contributed by atoms with van der Waals surface area (Å²) in [5, 5.41) is 3.34. The molecule has 0 bridgehead atoms. The molecule has 1 unspecified atom stereocenters. The monoisotopic (exact) mass is 293 g/mol. The third-order valence-corrected chi connectivity index (χ3v) is 3.85. The summed E-state index contributed by atoms with van der Waals surface area (Å²) in [7, 11) is 0. The van der Waals surface area contributed by atoms with Crippen molar-refractivity contribution in [3.63, 3.8) is 0 Å². The first-order chi connectivity index (χ1) is 9.93. The first kappa shape index (κ1) is 15.7. The molecule has 0 aliphatic carbocycles. The van der Waals surface area contributed by atoms with Gasteiger partial charge < -0.3 is 9.73 Å². The van der Waals surface area contributed by atoms with Crippen molar-refractivity contribution in [1.82, 2.24) is 5.32 Å². The van der Waals surface area contributed by atoms with Crippen LogP contribution in [0.25, 0.3) is 0 Å². The Morgan fingerprint density at radius 3 is 2.43 bits per heavy atom. The number of hydrogen-bond donors (Lipinski definition) is 1. The fraction of sp³-hybridized carbons (Fsp3) is 0.412. The first-order valence-electron chi connectivity index (χ1n) is 7.17. The largest absolute Gasteiger partial charge is 0.466 e. The lowest BCUT2D eigenvalue weighted by atomic mass is 9.95. The molecule has 0 aliphatic rings. The molecular weight excluding hydrogens is 272 g/mol. The average Bonchev–Trinajstić information content (AvgIpc) is 2.67. The van der Waals surface area contributed by atoms with E-state index in [1.807, 2.05) is 27.7 Å². The summed E-state index contributed by atoms with van der Waals surface area (Å²) in [4.78, 5) is 0. The maximum Gasteiger partial charge on any atom is 0.126 e. The number of likely N-dealkylation sites (N-methyl/N-ethyl adjacent to an activating group) is 1. The summed E-state index contributed by atoms with van der Waals surface area (Å²) in [6.07, 6.45) is 0.387. The van der Waals surface area contributed by atoms with Crippen molar-refractivity contribution in [3.05, 3.63) is 58.0 Å². The van der Waals surface area contributed by atoms with Gasteiger partial charge >= 0.3 is 0 Å². The molecule has 0 spiro atoms. The van der Waals surface area contributed by atoms with Crippen LogP contribution in [0.2, 0.25) is 0 Å². The van der Waals surface area contributed by atoms with Crippen LogP contribution < -0.4 is 5.32 Å². The summed E-state index contributed by atoms with van der Waals surface area (Å²) < 4.78 is 32.9. The van der Waals surface area contributed by atoms with E-state index in [-0.39, 0.29) is 11.9 Å². The molecular formula is C17H21F2NO. The van der Waals surface area contributed by atoms with Crippen LogP contribution in [0, 0.1) is 32.4 Å². The van der Waals surface area contributed by atoms with Gasteiger partial charge in [-0.2, -0.15) is 0 Å². The topological polar surface area (TPSA) is 25.2 Å². The lowest BCUT2D eigenvalue weighted by Crippen LogP contribution is -2.24. The normalized spacial score (nSPS) is 12.7. The minimum atomic E-state index is -0.418. The van der Waals surface area contributed by atoms with Gasteiger partial charge in [-0.15, -0.1) is 0 Å². The Balaban J connectivity index is 2.37. The highest BCUT2D eigenvalue weighted by Crippen LogP contribution is 2.30. The van der Waals surface area contributed by atoms with Gasteiger partial charge in [0.05, 0.1) is 0 Å². The molecule has 0 amide bonds. The van der Waals surface area contributed by atoms with Crippen molar-refractivity contribution in [1.29, 1.82) is 0 Å². The molecule has 0 saturated heterocycles. The van der Waals surface area contributed by atoms with Gasteiger partial charge in [0.25, 0.3) is 0 Å². The standard InChI is InChI=1S/C17H21F2NO/c1-5-20-16(17-10(2)11(3)21-12(17)4)9-13-8-14(18)6-7-15(13)19/h6-8,16,20H,5,9H2,1-4H3. The van der Waals surface area contributed by atoms with Crippen LogP contribution in [-0.4, -0.2) is 6.54 Å². The van der Waals surface area contributed by atoms with Crippen LogP contribution in [0.5, 0.6) is 0 Å². The Morgan fingerprint density at radius 2 is 1.86 bits per heavy atom. The predicted molar refractivity (Wildman–Crippen MR) is 79.4 cm³/mol. The van der Waals surface area contributed by atoms with Gasteiger partial charge in [-0.3, -0.25) is 0 Å². The van der Waals surface area contributed by atoms with Crippen molar-refractivity contribution in [3.8, 4) is 0 Å². The van der Waals surface area contributed by atoms with Crippen LogP contribution in [-0.2, 0) is 6.42 Å². The second-order valence-corrected chi connectivity index (χ2v) is 5.30. The van der Waals surface area contributed by atoms with Crippen LogP contribution in [0.3, 0.4) is 0 Å². The van der Waals surface area contributed by atoms with Crippen LogP contribution >= 0.6 is 0 Å². The number of furan rings is 1. The number of nitrogens with one attached hydrogen (secondary N) is 1. The van der Waals surface area contributed by atoms with Crippen molar-refractivity contribution in [2.45, 2.75) is 40.2 Å². The van der Waals surface area contributed by atoms with Crippen LogP contribution in [0.1, 0.15) is 41.2 Å². The smallest absolute Gasteiger partial charge is 0.126 e. The Kier molecular flexibility index (Phi) is 4.78. The van der Waals surface area contributed by atoms with E-state index in [0.29, 0.717) is 12.0 Å². The van der Waals surface area contributed by atoms with Crippen molar-refractivity contribution < 1.29 is 13.2 Å². The molecule has 2 rings (SSSR count). The Morgan fingerprint density at radius 1 is 1.14 bits per heavy atom. The van der Waals surface area contributed by atoms with Gasteiger partial charge in [-0.05, 0) is 63.1 Å². The summed E-state index contributed by atoms with van der Waals surface area (Å²) in [6, 6.07) is 3.48. The molecule has 1 atom stereocenters. The molecule has 0 radical (unpaired) electrons. The molecule has 2 aromatic rings. The van der Waals surface area contributed by atoms with Gasteiger partial charge in [0.15, 0.2) is 0 Å². The molecule has 21 heavy (non-hydrogen) atoms. The van der Waals surface area contributed by atoms with Crippen LogP contribution in [0.15, 0.2) is 22.6 Å². The Labute approximate surface area is 124 Å². The van der Waals surface area contributed by atoms with Crippen LogP contribution in [0.4, 0.5) is 8.78 Å². The zero-order valence-corrected chi connectivity index (χ0v) is 12.9. The zero-order chi connectivity index (χ0) is 15.6. The molecule has 1 aromatic heterocycles. The molecule has 0 saturated carbocycles. The molecule has 1 aromatic carbocycles. The molecule has 0 aliphatic heterocycles. The fourth-order valence-electron chi connectivity index (χ4n) is 2.76. The summed E-state index contributed by atoms with van der Waals surface area (Å²) in [6.45, 7) is 8.55. The van der Waals surface area contributed by atoms with Crippen molar-refractivity contribution in [2.24, 2.45) is 0 Å². The van der Waals surface area contributed by atoms with Gasteiger partial charge in [-0.25, -0.2) is 8.78 Å². The van der Waals surface area contributed by atoms with Crippen molar-refractivity contribution >= 4 is 0 Å². The number of aryl methyl sites for hydroxylation is 2. The molecule has 114 valence electrons. The average molecular weight is 293 g/mol. The van der Waals surface area contributed by atoms with Crippen molar-refractivity contribution in [2.75, 3.05) is 6.54 Å². The highest BCUT2D eigenvalue weighted by molar-refractivity contribution is 5.36. The Bertz CT molecular complexity index is 634. The minimum Gasteiger partial charge on any atom is -0.466 e. The quantitative estimate of drug-likeness (QED) is 0.885. The summed E-state index contributed by atoms with van der Waals surface area (Å²) in [5.74, 6) is 0.895. The highest BCUT2D eigenvalue weighted by atomic mass is 19.1. The molecule has 0 fully saturated rings. The maximum atomic E-state index is 13.9. The summed E-state index contributed by atoms with van der Waals surface area (Å²) in [5.41, 5.74) is 2.48. The van der Waals surface area contributed by atoms with E-state index in [1.54, 1.807) is 0 Å². The van der Waals surface area contributed by atoms with E-state index >= 15 is 0 Å². The zero-order valence-electron chi connectivity index (χ0n) is 12.9. The van der Waals surface area contributed by atoms with E-state index in [0.717, 1.165) is 35.3 Å². The predicted octanol–water partition coefficient (Wildman–Crippen LogP) is 4.38. The Hall–Kier alpha value is -1.68. The van der Waals surface area contributed by atoms with E-state index in [9.17, 15) is 8.78 Å². The molecule has 2 nitrogen and oxygen atoms in total. The van der Waals surface area contributed by atoms with E-state index in [2.05, 4.69) is 5.32 Å². The van der Waals surface area contributed by atoms with Gasteiger partial charge in [-0.1, -0.05) is 6.92 Å². The molecule has 4 heteroatoms. The SMILES string of the molecule is CCNC(Cc1cc(F)ccc1F)c1c(C)oc(C)c1C. The number of benzene rings is 1. The third kappa shape index (κ3) is 3.32. The highest BCUT2D eigenvalue weighted by Gasteiger charge is 2.22. The first-order valence-corrected chi connectivity index (χ1v) is 7.17. The van der Waals surface area contributed by atoms with E-state index in [1.165, 1.54) is 12.1 Å². The maximum absolute atomic E-state index is 13.9. The fourth-order valence-corrected chi connectivity index (χ4v) is 2.76. The second-order valence-electron chi connectivity index (χ2n) is 5.30. The van der Waals surface area contributed by atoms with Gasteiger partial charge in [0.1, 0.15) is 23.2 Å². The molecule has 1 N–H and O–H groups in total. The number of hydrogen-bond acceptors (Lipinski definition) is 2. The lowest BCUT2D eigenvalue weighted by molar-refractivity contribution is 0.480.